The van der Waals surface area contributed by atoms with Crippen molar-refractivity contribution in [3.63, 3.8) is 0 Å². The van der Waals surface area contributed by atoms with Gasteiger partial charge in [0.2, 0.25) is 5.13 Å². The van der Waals surface area contributed by atoms with E-state index in [1.807, 2.05) is 24.4 Å². The Labute approximate surface area is 127 Å². The first-order valence-electron chi connectivity index (χ1n) is 6.59. The van der Waals surface area contributed by atoms with E-state index in [9.17, 15) is 0 Å². The van der Waals surface area contributed by atoms with Crippen LogP contribution in [-0.4, -0.2) is 10.7 Å². The molecule has 0 bridgehead atoms. The predicted molar refractivity (Wildman–Crippen MR) is 86.8 cm³/mol. The summed E-state index contributed by atoms with van der Waals surface area (Å²) < 4.78 is 5.28. The van der Waals surface area contributed by atoms with Gasteiger partial charge in [0.05, 0.1) is 12.0 Å². The lowest BCUT2D eigenvalue weighted by Crippen LogP contribution is -1.97. The van der Waals surface area contributed by atoms with Crippen molar-refractivity contribution in [2.75, 3.05) is 5.43 Å². The van der Waals surface area contributed by atoms with Gasteiger partial charge in [-0.2, -0.15) is 5.10 Å². The first kappa shape index (κ1) is 13.6. The van der Waals surface area contributed by atoms with Gasteiger partial charge in [0.1, 0.15) is 11.5 Å². The highest BCUT2D eigenvalue weighted by molar-refractivity contribution is 7.14. The van der Waals surface area contributed by atoms with Crippen LogP contribution in [0.25, 0.3) is 11.3 Å². The van der Waals surface area contributed by atoms with E-state index in [2.05, 4.69) is 46.7 Å². The normalized spacial score (nSPS) is 11.6. The van der Waals surface area contributed by atoms with Crippen LogP contribution < -0.4 is 5.43 Å². The second-order valence-corrected chi connectivity index (χ2v) is 5.55. The van der Waals surface area contributed by atoms with Gasteiger partial charge in [-0.3, -0.25) is 5.43 Å². The van der Waals surface area contributed by atoms with Crippen LogP contribution in [0.1, 0.15) is 18.2 Å². The molecule has 0 fully saturated rings. The molecule has 4 nitrogen and oxygen atoms in total. The number of aryl methyl sites for hydroxylation is 1. The average Bonchev–Trinajstić information content (AvgIpc) is 3.17. The van der Waals surface area contributed by atoms with Gasteiger partial charge in [-0.25, -0.2) is 4.98 Å². The second kappa shape index (κ2) is 5.93. The number of thiazole rings is 1. The minimum absolute atomic E-state index is 0.748. The number of nitrogens with one attached hydrogen (secondary N) is 1. The quantitative estimate of drug-likeness (QED) is 0.568. The molecular weight excluding hydrogens is 282 g/mol. The van der Waals surface area contributed by atoms with Gasteiger partial charge in [0.15, 0.2) is 0 Å². The molecule has 0 aliphatic heterocycles. The van der Waals surface area contributed by atoms with Crippen molar-refractivity contribution >= 4 is 22.2 Å². The zero-order valence-corrected chi connectivity index (χ0v) is 12.6. The Hall–Kier alpha value is -2.40. The topological polar surface area (TPSA) is 50.4 Å². The highest BCUT2D eigenvalue weighted by Crippen LogP contribution is 2.25. The second-order valence-electron chi connectivity index (χ2n) is 4.69. The Bertz CT molecular complexity index is 742. The SMILES string of the molecule is C/C(=N/Nc1nc(-c2ccc(C)cc2)cs1)c1ccco1. The summed E-state index contributed by atoms with van der Waals surface area (Å²) >= 11 is 1.53. The maximum Gasteiger partial charge on any atom is 0.203 e. The molecule has 0 radical (unpaired) electrons. The third-order valence-corrected chi connectivity index (χ3v) is 3.80. The molecule has 0 atom stereocenters. The van der Waals surface area contributed by atoms with Crippen LogP contribution in [-0.2, 0) is 0 Å². The Balaban J connectivity index is 1.73. The van der Waals surface area contributed by atoms with Crippen molar-refractivity contribution in [3.8, 4) is 11.3 Å². The van der Waals surface area contributed by atoms with Crippen molar-refractivity contribution in [2.45, 2.75) is 13.8 Å². The number of nitrogens with zero attached hydrogens (tertiary/aromatic N) is 2. The molecular formula is C16H15N3OS. The maximum absolute atomic E-state index is 5.28. The van der Waals surface area contributed by atoms with Gasteiger partial charge in [-0.1, -0.05) is 29.8 Å². The Morgan fingerprint density at radius 1 is 1.24 bits per heavy atom. The summed E-state index contributed by atoms with van der Waals surface area (Å²) in [6.07, 6.45) is 1.63. The molecule has 0 spiro atoms. The maximum atomic E-state index is 5.28. The van der Waals surface area contributed by atoms with Gasteiger partial charge in [-0.15, -0.1) is 11.3 Å². The van der Waals surface area contributed by atoms with E-state index < -0.39 is 0 Å². The van der Waals surface area contributed by atoms with Gasteiger partial charge in [0.25, 0.3) is 0 Å². The van der Waals surface area contributed by atoms with Crippen LogP contribution in [0.3, 0.4) is 0 Å². The molecule has 5 heteroatoms. The number of rotatable bonds is 4. The van der Waals surface area contributed by atoms with Crippen molar-refractivity contribution < 1.29 is 4.42 Å². The number of furan rings is 1. The third kappa shape index (κ3) is 3.20. The molecule has 21 heavy (non-hydrogen) atoms. The molecule has 3 aromatic rings. The van der Waals surface area contributed by atoms with E-state index in [4.69, 9.17) is 4.42 Å². The summed E-state index contributed by atoms with van der Waals surface area (Å²) in [5.74, 6) is 0.748. The van der Waals surface area contributed by atoms with E-state index in [1.165, 1.54) is 16.9 Å². The van der Waals surface area contributed by atoms with Crippen molar-refractivity contribution in [1.82, 2.24) is 4.98 Å². The third-order valence-electron chi connectivity index (χ3n) is 3.05. The summed E-state index contributed by atoms with van der Waals surface area (Å²) in [6.45, 7) is 3.96. The number of anilines is 1. The van der Waals surface area contributed by atoms with E-state index in [-0.39, 0.29) is 0 Å². The Morgan fingerprint density at radius 2 is 2.05 bits per heavy atom. The Morgan fingerprint density at radius 3 is 2.76 bits per heavy atom. The fraction of sp³-hybridized carbons (Fsp3) is 0.125. The van der Waals surface area contributed by atoms with E-state index in [1.54, 1.807) is 6.26 Å². The van der Waals surface area contributed by atoms with Crippen LogP contribution >= 0.6 is 11.3 Å². The number of benzene rings is 1. The molecule has 1 aromatic carbocycles. The smallest absolute Gasteiger partial charge is 0.203 e. The molecule has 2 aromatic heterocycles. The van der Waals surface area contributed by atoms with Gasteiger partial charge in [-0.05, 0) is 26.0 Å². The Kier molecular flexibility index (Phi) is 3.83. The van der Waals surface area contributed by atoms with Crippen molar-refractivity contribution in [2.24, 2.45) is 5.10 Å². The summed E-state index contributed by atoms with van der Waals surface area (Å²) in [5.41, 5.74) is 7.06. The standard InChI is InChI=1S/C16H15N3OS/c1-11-5-7-13(8-6-11)14-10-21-16(17-14)19-18-12(2)15-4-3-9-20-15/h3-10H,1-2H3,(H,17,19)/b18-12-. The fourth-order valence-corrected chi connectivity index (χ4v) is 2.51. The van der Waals surface area contributed by atoms with Crippen molar-refractivity contribution in [1.29, 1.82) is 0 Å². The first-order chi connectivity index (χ1) is 10.2. The van der Waals surface area contributed by atoms with Crippen LogP contribution in [0.5, 0.6) is 0 Å². The highest BCUT2D eigenvalue weighted by Gasteiger charge is 2.05. The molecule has 1 N–H and O–H groups in total. The number of hydrogen-bond donors (Lipinski definition) is 1. The van der Waals surface area contributed by atoms with Crippen LogP contribution in [0.15, 0.2) is 57.6 Å². The lowest BCUT2D eigenvalue weighted by molar-refractivity contribution is 0.557. The molecule has 3 rings (SSSR count). The molecule has 0 saturated heterocycles. The molecule has 0 amide bonds. The van der Waals surface area contributed by atoms with E-state index in [0.717, 1.165) is 27.9 Å². The van der Waals surface area contributed by atoms with Crippen LogP contribution in [0, 0.1) is 6.92 Å². The lowest BCUT2D eigenvalue weighted by atomic mass is 10.1. The van der Waals surface area contributed by atoms with Gasteiger partial charge >= 0.3 is 0 Å². The summed E-state index contributed by atoms with van der Waals surface area (Å²) in [4.78, 5) is 4.53. The first-order valence-corrected chi connectivity index (χ1v) is 7.47. The average molecular weight is 297 g/mol. The molecule has 2 heterocycles. The molecule has 106 valence electrons. The van der Waals surface area contributed by atoms with Crippen LogP contribution in [0.2, 0.25) is 0 Å². The monoisotopic (exact) mass is 297 g/mol. The lowest BCUT2D eigenvalue weighted by Gasteiger charge is -1.98. The van der Waals surface area contributed by atoms with E-state index in [0.29, 0.717) is 0 Å². The molecule has 0 unspecified atom stereocenters. The van der Waals surface area contributed by atoms with Gasteiger partial charge < -0.3 is 4.42 Å². The molecule has 0 saturated carbocycles. The minimum atomic E-state index is 0.748. The molecule has 0 aliphatic rings. The summed E-state index contributed by atoms with van der Waals surface area (Å²) in [6, 6.07) is 12.0. The van der Waals surface area contributed by atoms with E-state index >= 15 is 0 Å². The zero-order valence-electron chi connectivity index (χ0n) is 11.8. The van der Waals surface area contributed by atoms with Crippen molar-refractivity contribution in [3.05, 3.63) is 59.4 Å². The number of hydrazone groups is 1. The number of hydrogen-bond acceptors (Lipinski definition) is 5. The fourth-order valence-electron chi connectivity index (χ4n) is 1.85. The predicted octanol–water partition coefficient (Wildman–Crippen LogP) is 4.55. The van der Waals surface area contributed by atoms with Gasteiger partial charge in [0, 0.05) is 10.9 Å². The number of aromatic nitrogens is 1. The largest absolute Gasteiger partial charge is 0.463 e. The summed E-state index contributed by atoms with van der Waals surface area (Å²) in [7, 11) is 0. The summed E-state index contributed by atoms with van der Waals surface area (Å²) in [5, 5.41) is 7.06. The highest BCUT2D eigenvalue weighted by atomic mass is 32.1. The molecule has 0 aliphatic carbocycles. The zero-order chi connectivity index (χ0) is 14.7. The van der Waals surface area contributed by atoms with Crippen LogP contribution in [0.4, 0.5) is 5.13 Å². The minimum Gasteiger partial charge on any atom is -0.463 e.